The van der Waals surface area contributed by atoms with Gasteiger partial charge < -0.3 is 0 Å². The molecule has 0 aliphatic heterocycles. The van der Waals surface area contributed by atoms with E-state index >= 15 is 0 Å². The Bertz CT molecular complexity index is 407. The summed E-state index contributed by atoms with van der Waals surface area (Å²) in [5.41, 5.74) is 0.858. The van der Waals surface area contributed by atoms with E-state index in [1.807, 2.05) is 0 Å². The molecule has 0 saturated carbocycles. The predicted octanol–water partition coefficient (Wildman–Crippen LogP) is 3.02. The Morgan fingerprint density at radius 3 is 2.53 bits per heavy atom. The van der Waals surface area contributed by atoms with Crippen LogP contribution in [0, 0.1) is 15.9 Å². The molecule has 0 radical (unpaired) electrons. The van der Waals surface area contributed by atoms with Crippen LogP contribution in [-0.2, 0) is 0 Å². The van der Waals surface area contributed by atoms with Gasteiger partial charge in [-0.15, -0.1) is 0 Å². The Kier molecular flexibility index (Phi) is 3.74. The SMILES string of the molecule is C/C(=C\C=C\c1ccc(F)cc1)[N+](=O)[O-]. The summed E-state index contributed by atoms with van der Waals surface area (Å²) >= 11 is 0. The minimum absolute atomic E-state index is 0.0633. The number of nitro groups is 1. The molecule has 1 aromatic rings. The summed E-state index contributed by atoms with van der Waals surface area (Å²) < 4.78 is 12.5. The number of halogens is 1. The first-order valence-corrected chi connectivity index (χ1v) is 4.34. The Balaban J connectivity index is 2.70. The highest BCUT2D eigenvalue weighted by Crippen LogP contribution is 2.05. The number of nitrogens with zero attached hydrogens (tertiary/aromatic N) is 1. The first-order chi connectivity index (χ1) is 7.09. The summed E-state index contributed by atoms with van der Waals surface area (Å²) in [5, 5.41) is 10.2. The molecule has 0 unspecified atom stereocenters. The molecule has 0 amide bonds. The van der Waals surface area contributed by atoms with Crippen molar-refractivity contribution in [2.24, 2.45) is 0 Å². The van der Waals surface area contributed by atoms with E-state index in [0.29, 0.717) is 0 Å². The summed E-state index contributed by atoms with van der Waals surface area (Å²) in [5.74, 6) is -0.302. The van der Waals surface area contributed by atoms with Gasteiger partial charge in [0.25, 0.3) is 0 Å². The van der Waals surface area contributed by atoms with Gasteiger partial charge in [-0.1, -0.05) is 24.3 Å². The second kappa shape index (κ2) is 5.05. The topological polar surface area (TPSA) is 43.1 Å². The van der Waals surface area contributed by atoms with Crippen molar-refractivity contribution in [2.45, 2.75) is 6.92 Å². The van der Waals surface area contributed by atoms with Gasteiger partial charge in [0.15, 0.2) is 0 Å². The maximum absolute atomic E-state index is 12.5. The van der Waals surface area contributed by atoms with Gasteiger partial charge in [0.2, 0.25) is 5.70 Å². The van der Waals surface area contributed by atoms with Crippen LogP contribution in [-0.4, -0.2) is 4.92 Å². The third-order valence-corrected chi connectivity index (χ3v) is 1.78. The first kappa shape index (κ1) is 11.1. The van der Waals surface area contributed by atoms with Crippen LogP contribution in [0.15, 0.2) is 42.1 Å². The average molecular weight is 207 g/mol. The molecule has 0 aliphatic rings. The van der Waals surface area contributed by atoms with Gasteiger partial charge in [0, 0.05) is 13.0 Å². The number of allylic oxidation sites excluding steroid dienone is 3. The maximum Gasteiger partial charge on any atom is 0.243 e. The van der Waals surface area contributed by atoms with Crippen molar-refractivity contribution in [3.63, 3.8) is 0 Å². The van der Waals surface area contributed by atoms with E-state index in [4.69, 9.17) is 0 Å². The molecule has 78 valence electrons. The predicted molar refractivity (Wildman–Crippen MR) is 56.2 cm³/mol. The third kappa shape index (κ3) is 3.72. The van der Waals surface area contributed by atoms with E-state index in [2.05, 4.69) is 0 Å². The fourth-order valence-corrected chi connectivity index (χ4v) is 0.933. The molecule has 0 spiro atoms. The minimum Gasteiger partial charge on any atom is -0.259 e. The lowest BCUT2D eigenvalue weighted by Crippen LogP contribution is -1.91. The minimum atomic E-state index is -0.463. The monoisotopic (exact) mass is 207 g/mol. The lowest BCUT2D eigenvalue weighted by Gasteiger charge is -1.91. The third-order valence-electron chi connectivity index (χ3n) is 1.78. The van der Waals surface area contributed by atoms with Crippen molar-refractivity contribution in [3.05, 3.63) is 63.6 Å². The molecule has 1 rings (SSSR count). The van der Waals surface area contributed by atoms with Crippen molar-refractivity contribution in [2.75, 3.05) is 0 Å². The summed E-state index contributed by atoms with van der Waals surface area (Å²) in [6.45, 7) is 1.41. The highest BCUT2D eigenvalue weighted by Gasteiger charge is 1.97. The van der Waals surface area contributed by atoms with Crippen LogP contribution in [0.5, 0.6) is 0 Å². The van der Waals surface area contributed by atoms with E-state index in [1.165, 1.54) is 25.1 Å². The van der Waals surface area contributed by atoms with Crippen molar-refractivity contribution in [1.82, 2.24) is 0 Å². The van der Waals surface area contributed by atoms with Crippen LogP contribution >= 0.6 is 0 Å². The summed E-state index contributed by atoms with van der Waals surface area (Å²) in [6.07, 6.45) is 4.63. The van der Waals surface area contributed by atoms with E-state index in [0.717, 1.165) is 5.56 Å². The molecule has 15 heavy (non-hydrogen) atoms. The van der Waals surface area contributed by atoms with Crippen molar-refractivity contribution >= 4 is 6.08 Å². The summed E-state index contributed by atoms with van der Waals surface area (Å²) in [4.78, 5) is 9.78. The van der Waals surface area contributed by atoms with E-state index in [1.54, 1.807) is 24.3 Å². The van der Waals surface area contributed by atoms with E-state index < -0.39 is 4.92 Å². The highest BCUT2D eigenvalue weighted by atomic mass is 19.1. The van der Waals surface area contributed by atoms with Gasteiger partial charge in [0.1, 0.15) is 5.82 Å². The zero-order valence-corrected chi connectivity index (χ0v) is 8.18. The van der Waals surface area contributed by atoms with Crippen LogP contribution in [0.4, 0.5) is 4.39 Å². The summed E-state index contributed by atoms with van der Waals surface area (Å²) in [6, 6.07) is 5.87. The molecule has 0 bridgehead atoms. The number of rotatable bonds is 3. The molecule has 4 heteroatoms. The molecule has 0 atom stereocenters. The van der Waals surface area contributed by atoms with E-state index in [-0.39, 0.29) is 11.5 Å². The van der Waals surface area contributed by atoms with Crippen LogP contribution in [0.25, 0.3) is 6.08 Å². The van der Waals surface area contributed by atoms with Crippen LogP contribution in [0.2, 0.25) is 0 Å². The molecule has 0 N–H and O–H groups in total. The molecule has 3 nitrogen and oxygen atoms in total. The summed E-state index contributed by atoms with van der Waals surface area (Å²) in [7, 11) is 0. The first-order valence-electron chi connectivity index (χ1n) is 4.34. The maximum atomic E-state index is 12.5. The van der Waals surface area contributed by atoms with Crippen molar-refractivity contribution in [1.29, 1.82) is 0 Å². The van der Waals surface area contributed by atoms with Crippen molar-refractivity contribution in [3.8, 4) is 0 Å². The molecule has 0 aromatic heterocycles. The standard InChI is InChI=1S/C11H10FNO2/c1-9(13(14)15)3-2-4-10-5-7-11(12)8-6-10/h2-8H,1H3/b4-2+,9-3+. The van der Waals surface area contributed by atoms with Crippen LogP contribution < -0.4 is 0 Å². The second-order valence-corrected chi connectivity index (χ2v) is 2.98. The van der Waals surface area contributed by atoms with Gasteiger partial charge in [-0.3, -0.25) is 10.1 Å². The van der Waals surface area contributed by atoms with Gasteiger partial charge in [-0.05, 0) is 17.7 Å². The van der Waals surface area contributed by atoms with Crippen LogP contribution in [0.1, 0.15) is 12.5 Å². The second-order valence-electron chi connectivity index (χ2n) is 2.98. The molecule has 1 aromatic carbocycles. The van der Waals surface area contributed by atoms with Gasteiger partial charge in [-0.2, -0.15) is 0 Å². The molecule has 0 aliphatic carbocycles. The average Bonchev–Trinajstić information content (AvgIpc) is 2.20. The lowest BCUT2D eigenvalue weighted by atomic mass is 10.2. The molecular formula is C11H10FNO2. The molecule has 0 heterocycles. The Hall–Kier alpha value is -1.97. The fourth-order valence-electron chi connectivity index (χ4n) is 0.933. The molecular weight excluding hydrogens is 197 g/mol. The molecule has 0 fully saturated rings. The van der Waals surface area contributed by atoms with Crippen LogP contribution in [0.3, 0.4) is 0 Å². The molecule has 0 saturated heterocycles. The Labute approximate surface area is 86.7 Å². The van der Waals surface area contributed by atoms with Gasteiger partial charge >= 0.3 is 0 Å². The smallest absolute Gasteiger partial charge is 0.243 e. The lowest BCUT2D eigenvalue weighted by molar-refractivity contribution is -0.424. The Morgan fingerprint density at radius 2 is 2.00 bits per heavy atom. The van der Waals surface area contributed by atoms with Gasteiger partial charge in [0.05, 0.1) is 4.92 Å². The zero-order chi connectivity index (χ0) is 11.3. The normalized spacial score (nSPS) is 12.0. The largest absolute Gasteiger partial charge is 0.259 e. The zero-order valence-electron chi connectivity index (χ0n) is 8.18. The Morgan fingerprint density at radius 1 is 1.40 bits per heavy atom. The van der Waals surface area contributed by atoms with Gasteiger partial charge in [-0.25, -0.2) is 4.39 Å². The van der Waals surface area contributed by atoms with E-state index in [9.17, 15) is 14.5 Å². The number of hydrogen-bond donors (Lipinski definition) is 0. The fraction of sp³-hybridized carbons (Fsp3) is 0.0909. The number of benzene rings is 1. The quantitative estimate of drug-likeness (QED) is 0.434. The number of hydrogen-bond acceptors (Lipinski definition) is 2. The van der Waals surface area contributed by atoms with Crippen molar-refractivity contribution < 1.29 is 9.31 Å². The highest BCUT2D eigenvalue weighted by molar-refractivity contribution is 5.50.